The summed E-state index contributed by atoms with van der Waals surface area (Å²) in [5, 5.41) is 15.0. The smallest absolute Gasteiger partial charge is 0.198 e. The van der Waals surface area contributed by atoms with Gasteiger partial charge in [-0.3, -0.25) is 4.99 Å². The van der Waals surface area contributed by atoms with E-state index in [0.29, 0.717) is 16.5 Å². The molecule has 3 aromatic rings. The minimum absolute atomic E-state index is 0.0795. The molecule has 4 rings (SSSR count). The molecule has 28 heavy (non-hydrogen) atoms. The summed E-state index contributed by atoms with van der Waals surface area (Å²) in [5.41, 5.74) is 2.23. The highest BCUT2D eigenvalue weighted by Gasteiger charge is 2.21. The van der Waals surface area contributed by atoms with E-state index in [1.807, 2.05) is 36.4 Å². The molecular formula is C22H24ClN3O2. The zero-order chi connectivity index (χ0) is 19.5. The molecule has 0 saturated carbocycles. The first kappa shape index (κ1) is 18.8. The fourth-order valence-electron chi connectivity index (χ4n) is 3.64. The molecule has 2 unspecified atom stereocenters. The van der Waals surface area contributed by atoms with Crippen molar-refractivity contribution in [1.29, 1.82) is 0 Å². The van der Waals surface area contributed by atoms with Crippen LogP contribution in [0.2, 0.25) is 5.02 Å². The molecule has 5 nitrogen and oxygen atoms in total. The van der Waals surface area contributed by atoms with Crippen molar-refractivity contribution >= 4 is 34.4 Å². The van der Waals surface area contributed by atoms with E-state index < -0.39 is 0 Å². The van der Waals surface area contributed by atoms with Crippen LogP contribution in [0.3, 0.4) is 0 Å². The minimum atomic E-state index is 0.0795. The Hall–Kier alpha value is -2.50. The van der Waals surface area contributed by atoms with Crippen molar-refractivity contribution in [3.63, 3.8) is 0 Å². The number of aliphatic imine (C=N–C) groups is 1. The third kappa shape index (κ3) is 4.16. The standard InChI is InChI=1S/C22H24ClN3O2/c1-14(15-3-2-10-24-12-15)28-18-7-5-17(6-8-18)25-13-20-19-11-16(23)4-9-21(19)26-22(20)27/h4-9,11,13-15,24,26-27H,2-3,10,12H2,1H3. The maximum Gasteiger partial charge on any atom is 0.198 e. The van der Waals surface area contributed by atoms with E-state index in [2.05, 4.69) is 22.2 Å². The van der Waals surface area contributed by atoms with Gasteiger partial charge in [-0.2, -0.15) is 0 Å². The van der Waals surface area contributed by atoms with Gasteiger partial charge in [-0.25, -0.2) is 0 Å². The number of piperidine rings is 1. The molecule has 146 valence electrons. The van der Waals surface area contributed by atoms with Crippen LogP contribution in [0, 0.1) is 5.92 Å². The van der Waals surface area contributed by atoms with Gasteiger partial charge in [0.1, 0.15) is 5.75 Å². The van der Waals surface area contributed by atoms with Crippen molar-refractivity contribution in [1.82, 2.24) is 10.3 Å². The first-order valence-electron chi connectivity index (χ1n) is 9.62. The van der Waals surface area contributed by atoms with Gasteiger partial charge in [0.2, 0.25) is 0 Å². The lowest BCUT2D eigenvalue weighted by Crippen LogP contribution is -2.37. The predicted molar refractivity (Wildman–Crippen MR) is 114 cm³/mol. The zero-order valence-corrected chi connectivity index (χ0v) is 16.5. The SMILES string of the molecule is CC(Oc1ccc(N=Cc2c(O)[nH]c3ccc(Cl)cc23)cc1)C1CCCNC1. The predicted octanol–water partition coefficient (Wildman–Crippen LogP) is 5.04. The molecule has 0 radical (unpaired) electrons. The molecule has 1 saturated heterocycles. The van der Waals surface area contributed by atoms with Crippen LogP contribution in [-0.4, -0.2) is 35.5 Å². The van der Waals surface area contributed by atoms with Crippen LogP contribution in [0.15, 0.2) is 47.5 Å². The molecule has 1 aromatic heterocycles. The van der Waals surface area contributed by atoms with Crippen LogP contribution >= 0.6 is 11.6 Å². The average molecular weight is 398 g/mol. The maximum absolute atomic E-state index is 10.2. The van der Waals surface area contributed by atoms with Crippen molar-refractivity contribution in [2.45, 2.75) is 25.9 Å². The normalized spacial score (nSPS) is 18.6. The monoisotopic (exact) mass is 397 g/mol. The summed E-state index contributed by atoms with van der Waals surface area (Å²) >= 11 is 6.07. The van der Waals surface area contributed by atoms with E-state index in [1.165, 1.54) is 12.8 Å². The van der Waals surface area contributed by atoms with Gasteiger partial charge in [0.05, 0.1) is 17.4 Å². The molecule has 1 aliphatic rings. The third-order valence-corrected chi connectivity index (χ3v) is 5.52. The highest BCUT2D eigenvalue weighted by Crippen LogP contribution is 2.29. The largest absolute Gasteiger partial charge is 0.494 e. The van der Waals surface area contributed by atoms with Gasteiger partial charge in [0, 0.05) is 34.6 Å². The van der Waals surface area contributed by atoms with Crippen molar-refractivity contribution in [2.75, 3.05) is 13.1 Å². The maximum atomic E-state index is 10.2. The fraction of sp³-hybridized carbons (Fsp3) is 0.318. The van der Waals surface area contributed by atoms with Crippen molar-refractivity contribution in [2.24, 2.45) is 10.9 Å². The van der Waals surface area contributed by atoms with Crippen molar-refractivity contribution < 1.29 is 9.84 Å². The van der Waals surface area contributed by atoms with E-state index in [4.69, 9.17) is 16.3 Å². The fourth-order valence-corrected chi connectivity index (χ4v) is 3.81. The van der Waals surface area contributed by atoms with Gasteiger partial charge in [-0.15, -0.1) is 0 Å². The number of halogens is 1. The van der Waals surface area contributed by atoms with Crippen LogP contribution < -0.4 is 10.1 Å². The van der Waals surface area contributed by atoms with E-state index in [-0.39, 0.29) is 12.0 Å². The number of nitrogens with one attached hydrogen (secondary N) is 2. The van der Waals surface area contributed by atoms with E-state index in [9.17, 15) is 5.11 Å². The Balaban J connectivity index is 1.46. The second-order valence-corrected chi connectivity index (χ2v) is 7.70. The van der Waals surface area contributed by atoms with Gasteiger partial charge in [0.25, 0.3) is 0 Å². The molecule has 0 amide bonds. The Bertz CT molecular complexity index is 975. The van der Waals surface area contributed by atoms with Crippen molar-refractivity contribution in [3.8, 4) is 11.6 Å². The third-order valence-electron chi connectivity index (χ3n) is 5.28. The molecule has 0 bridgehead atoms. The van der Waals surface area contributed by atoms with Crippen LogP contribution in [0.1, 0.15) is 25.3 Å². The number of fused-ring (bicyclic) bond motifs is 1. The molecule has 1 aliphatic heterocycles. The topological polar surface area (TPSA) is 69.6 Å². The molecule has 6 heteroatoms. The summed E-state index contributed by atoms with van der Waals surface area (Å²) in [4.78, 5) is 7.42. The average Bonchev–Trinajstić information content (AvgIpc) is 3.02. The number of aromatic nitrogens is 1. The summed E-state index contributed by atoms with van der Waals surface area (Å²) in [7, 11) is 0. The van der Waals surface area contributed by atoms with Gasteiger partial charge >= 0.3 is 0 Å². The number of hydrogen-bond acceptors (Lipinski definition) is 4. The molecule has 3 N–H and O–H groups in total. The Morgan fingerprint density at radius 2 is 2.07 bits per heavy atom. The highest BCUT2D eigenvalue weighted by atomic mass is 35.5. The van der Waals surface area contributed by atoms with E-state index in [0.717, 1.165) is 35.4 Å². The van der Waals surface area contributed by atoms with Crippen LogP contribution in [0.5, 0.6) is 11.6 Å². The number of aromatic hydroxyl groups is 1. The van der Waals surface area contributed by atoms with Crippen LogP contribution in [0.4, 0.5) is 5.69 Å². The first-order chi connectivity index (χ1) is 13.6. The summed E-state index contributed by atoms with van der Waals surface area (Å²) in [5.74, 6) is 1.47. The zero-order valence-electron chi connectivity index (χ0n) is 15.8. The molecule has 2 aromatic carbocycles. The number of benzene rings is 2. The Morgan fingerprint density at radius 1 is 1.25 bits per heavy atom. The van der Waals surface area contributed by atoms with Crippen LogP contribution in [0.25, 0.3) is 10.9 Å². The van der Waals surface area contributed by atoms with Gasteiger partial charge in [-0.1, -0.05) is 11.6 Å². The lowest BCUT2D eigenvalue weighted by molar-refractivity contribution is 0.131. The minimum Gasteiger partial charge on any atom is -0.494 e. The second kappa shape index (κ2) is 8.25. The van der Waals surface area contributed by atoms with Gasteiger partial charge in [0.15, 0.2) is 5.88 Å². The quantitative estimate of drug-likeness (QED) is 0.528. The second-order valence-electron chi connectivity index (χ2n) is 7.26. The van der Waals surface area contributed by atoms with Gasteiger partial charge < -0.3 is 20.1 Å². The molecular weight excluding hydrogens is 374 g/mol. The van der Waals surface area contributed by atoms with Crippen molar-refractivity contribution in [3.05, 3.63) is 53.1 Å². The number of ether oxygens (including phenoxy) is 1. The van der Waals surface area contributed by atoms with Gasteiger partial charge in [-0.05, 0) is 68.8 Å². The number of hydrogen-bond donors (Lipinski definition) is 3. The molecule has 2 heterocycles. The lowest BCUT2D eigenvalue weighted by Gasteiger charge is -2.28. The molecule has 0 spiro atoms. The first-order valence-corrected chi connectivity index (χ1v) is 9.99. The molecule has 0 aliphatic carbocycles. The number of nitrogens with zero attached hydrogens (tertiary/aromatic N) is 1. The summed E-state index contributed by atoms with van der Waals surface area (Å²) in [6, 6.07) is 13.1. The number of aromatic amines is 1. The van der Waals surface area contributed by atoms with E-state index in [1.54, 1.807) is 12.3 Å². The summed E-state index contributed by atoms with van der Waals surface area (Å²) < 4.78 is 6.10. The number of H-pyrrole nitrogens is 1. The molecule has 2 atom stereocenters. The highest BCUT2D eigenvalue weighted by molar-refractivity contribution is 6.31. The van der Waals surface area contributed by atoms with Crippen LogP contribution in [-0.2, 0) is 0 Å². The Kier molecular flexibility index (Phi) is 5.55. The van der Waals surface area contributed by atoms with E-state index >= 15 is 0 Å². The molecule has 1 fully saturated rings. The lowest BCUT2D eigenvalue weighted by atomic mass is 9.95. The summed E-state index contributed by atoms with van der Waals surface area (Å²) in [6.45, 7) is 4.25. The Morgan fingerprint density at radius 3 is 2.82 bits per heavy atom. The Labute approximate surface area is 169 Å². The summed E-state index contributed by atoms with van der Waals surface area (Å²) in [6.07, 6.45) is 4.23. The number of rotatable bonds is 5.